The number of carbonyl (C=O) groups excluding carboxylic acids is 2. The molecule has 2 amide bonds. The van der Waals surface area contributed by atoms with Crippen molar-refractivity contribution in [1.82, 2.24) is 5.32 Å². The molecule has 2 bridgehead atoms. The van der Waals surface area contributed by atoms with Crippen LogP contribution in [0.2, 0.25) is 5.02 Å². The van der Waals surface area contributed by atoms with E-state index in [9.17, 15) is 9.59 Å². The summed E-state index contributed by atoms with van der Waals surface area (Å²) in [5.74, 6) is -0.669. The van der Waals surface area contributed by atoms with E-state index in [1.807, 2.05) is 54.6 Å². The Hall–Kier alpha value is -2.83. The molecule has 3 heterocycles. The molecule has 5 rings (SSSR count). The number of nitrogens with one attached hydrogen (secondary N) is 1. The minimum atomic E-state index is -0.756. The van der Waals surface area contributed by atoms with E-state index in [4.69, 9.17) is 21.1 Å². The molecule has 0 saturated carbocycles. The number of hydrogen-bond donors (Lipinski definition) is 1. The first-order chi connectivity index (χ1) is 14.5. The number of fused-ring (bicyclic) bond motifs is 1. The van der Waals surface area contributed by atoms with Crippen molar-refractivity contribution in [3.05, 3.63) is 71.3 Å². The molecule has 0 aliphatic carbocycles. The second kappa shape index (κ2) is 7.15. The van der Waals surface area contributed by atoms with Crippen LogP contribution in [0.1, 0.15) is 5.56 Å². The minimum absolute atomic E-state index is 0.0927. The molecule has 7 heteroatoms. The van der Waals surface area contributed by atoms with Gasteiger partial charge in [0, 0.05) is 17.3 Å². The van der Waals surface area contributed by atoms with Crippen molar-refractivity contribution in [3.63, 3.8) is 0 Å². The van der Waals surface area contributed by atoms with Crippen LogP contribution in [0.4, 0.5) is 5.69 Å². The van der Waals surface area contributed by atoms with Crippen LogP contribution in [0, 0.1) is 11.8 Å². The van der Waals surface area contributed by atoms with Crippen LogP contribution in [0.5, 0.6) is 5.75 Å². The van der Waals surface area contributed by atoms with Gasteiger partial charge in [-0.2, -0.15) is 0 Å². The highest BCUT2D eigenvalue weighted by molar-refractivity contribution is 6.31. The van der Waals surface area contributed by atoms with Crippen LogP contribution >= 0.6 is 11.6 Å². The van der Waals surface area contributed by atoms with Crippen LogP contribution in [-0.4, -0.2) is 37.2 Å². The molecule has 154 valence electrons. The van der Waals surface area contributed by atoms with E-state index in [0.717, 1.165) is 17.0 Å². The Morgan fingerprint density at radius 3 is 2.77 bits per heavy atom. The van der Waals surface area contributed by atoms with Crippen molar-refractivity contribution < 1.29 is 19.1 Å². The second-order valence-electron chi connectivity index (χ2n) is 7.83. The highest BCUT2D eigenvalue weighted by atomic mass is 35.5. The van der Waals surface area contributed by atoms with E-state index >= 15 is 0 Å². The van der Waals surface area contributed by atoms with Crippen molar-refractivity contribution in [3.8, 4) is 5.75 Å². The van der Waals surface area contributed by atoms with Gasteiger partial charge in [-0.15, -0.1) is 0 Å². The molecule has 3 aliphatic rings. The van der Waals surface area contributed by atoms with E-state index in [0.29, 0.717) is 18.1 Å². The van der Waals surface area contributed by atoms with Gasteiger partial charge < -0.3 is 19.7 Å². The summed E-state index contributed by atoms with van der Waals surface area (Å²) in [7, 11) is 1.60. The van der Waals surface area contributed by atoms with Gasteiger partial charge in [-0.05, 0) is 35.9 Å². The zero-order valence-electron chi connectivity index (χ0n) is 16.4. The van der Waals surface area contributed by atoms with Crippen molar-refractivity contribution in [2.75, 3.05) is 18.6 Å². The lowest BCUT2D eigenvalue weighted by molar-refractivity contribution is -0.132. The lowest BCUT2D eigenvalue weighted by atomic mass is 9.77. The molecular formula is C23H21ClN2O4. The van der Waals surface area contributed by atoms with Gasteiger partial charge in [-0.25, -0.2) is 0 Å². The highest BCUT2D eigenvalue weighted by Gasteiger charge is 2.67. The zero-order valence-corrected chi connectivity index (χ0v) is 17.1. The van der Waals surface area contributed by atoms with Gasteiger partial charge in [0.25, 0.3) is 0 Å². The van der Waals surface area contributed by atoms with Crippen molar-refractivity contribution in [2.45, 2.75) is 18.2 Å². The van der Waals surface area contributed by atoms with Crippen LogP contribution in [0.3, 0.4) is 0 Å². The molecule has 6 nitrogen and oxygen atoms in total. The third-order valence-corrected chi connectivity index (χ3v) is 6.57. The van der Waals surface area contributed by atoms with Gasteiger partial charge in [0.15, 0.2) is 0 Å². The number of methoxy groups -OCH3 is 1. The van der Waals surface area contributed by atoms with Gasteiger partial charge >= 0.3 is 0 Å². The molecule has 2 unspecified atom stereocenters. The maximum absolute atomic E-state index is 13.3. The third kappa shape index (κ3) is 2.90. The molecular weight excluding hydrogens is 404 g/mol. The predicted molar refractivity (Wildman–Crippen MR) is 112 cm³/mol. The average Bonchev–Trinajstić information content (AvgIpc) is 3.41. The van der Waals surface area contributed by atoms with E-state index in [1.165, 1.54) is 0 Å². The summed E-state index contributed by atoms with van der Waals surface area (Å²) in [4.78, 5) is 28.1. The third-order valence-electron chi connectivity index (χ3n) is 6.20. The lowest BCUT2D eigenvalue weighted by Gasteiger charge is -2.23. The Kier molecular flexibility index (Phi) is 4.56. The number of amides is 2. The fraction of sp³-hybridized carbons (Fsp3) is 0.304. The van der Waals surface area contributed by atoms with Crippen LogP contribution in [0.15, 0.2) is 60.7 Å². The Morgan fingerprint density at radius 1 is 1.27 bits per heavy atom. The van der Waals surface area contributed by atoms with Gasteiger partial charge in [0.1, 0.15) is 11.4 Å². The highest BCUT2D eigenvalue weighted by Crippen LogP contribution is 2.52. The fourth-order valence-electron chi connectivity index (χ4n) is 4.72. The summed E-state index contributed by atoms with van der Waals surface area (Å²) in [6, 6.07) is 14.7. The minimum Gasteiger partial charge on any atom is -0.497 e. The van der Waals surface area contributed by atoms with E-state index in [2.05, 4.69) is 5.32 Å². The molecule has 2 aromatic rings. The van der Waals surface area contributed by atoms with Gasteiger partial charge in [0.2, 0.25) is 11.8 Å². The molecule has 2 aromatic carbocycles. The number of carbonyl (C=O) groups is 2. The summed E-state index contributed by atoms with van der Waals surface area (Å²) in [6.45, 7) is 0.700. The molecule has 0 aromatic heterocycles. The Labute approximate surface area is 179 Å². The molecule has 2 fully saturated rings. The number of hydrogen-bond acceptors (Lipinski definition) is 4. The van der Waals surface area contributed by atoms with Gasteiger partial charge in [-0.1, -0.05) is 42.0 Å². The van der Waals surface area contributed by atoms with Crippen LogP contribution in [0.25, 0.3) is 0 Å². The number of benzene rings is 2. The predicted octanol–water partition coefficient (Wildman–Crippen LogP) is 2.95. The summed E-state index contributed by atoms with van der Waals surface area (Å²) in [5, 5.41) is 3.54. The first-order valence-electron chi connectivity index (χ1n) is 9.86. The van der Waals surface area contributed by atoms with E-state index < -0.39 is 17.4 Å². The molecule has 3 aliphatic heterocycles. The number of rotatable bonds is 5. The summed E-state index contributed by atoms with van der Waals surface area (Å²) in [6.07, 6.45) is 3.46. The second-order valence-corrected chi connectivity index (χ2v) is 8.24. The van der Waals surface area contributed by atoms with E-state index in [-0.39, 0.29) is 17.9 Å². The molecule has 1 spiro atoms. The Balaban J connectivity index is 1.36. The smallest absolute Gasteiger partial charge is 0.234 e. The summed E-state index contributed by atoms with van der Waals surface area (Å²) < 4.78 is 11.4. The SMILES string of the molecule is COc1ccc(N2C[C@]34C=C[C@@H](O3)C(C(=O)NCc3ccccc3Cl)C4C2=O)cc1. The molecule has 30 heavy (non-hydrogen) atoms. The fourth-order valence-corrected chi connectivity index (χ4v) is 4.92. The quantitative estimate of drug-likeness (QED) is 0.749. The monoisotopic (exact) mass is 424 g/mol. The lowest BCUT2D eigenvalue weighted by Crippen LogP contribution is -2.44. The van der Waals surface area contributed by atoms with Crippen LogP contribution in [-0.2, 0) is 20.9 Å². The van der Waals surface area contributed by atoms with Crippen molar-refractivity contribution >= 4 is 29.1 Å². The van der Waals surface area contributed by atoms with Crippen molar-refractivity contribution in [2.24, 2.45) is 11.8 Å². The Morgan fingerprint density at radius 2 is 2.03 bits per heavy atom. The summed E-state index contributed by atoms with van der Waals surface area (Å²) in [5.41, 5.74) is 0.841. The average molecular weight is 425 g/mol. The molecule has 2 saturated heterocycles. The maximum Gasteiger partial charge on any atom is 0.234 e. The molecule has 4 atom stereocenters. The number of halogens is 1. The molecule has 0 radical (unpaired) electrons. The van der Waals surface area contributed by atoms with Crippen molar-refractivity contribution in [1.29, 1.82) is 0 Å². The first-order valence-corrected chi connectivity index (χ1v) is 10.2. The van der Waals surface area contributed by atoms with Gasteiger partial charge in [0.05, 0.1) is 31.6 Å². The normalized spacial score (nSPS) is 28.7. The zero-order chi connectivity index (χ0) is 20.9. The molecule has 1 N–H and O–H groups in total. The largest absolute Gasteiger partial charge is 0.497 e. The number of nitrogens with zero attached hydrogens (tertiary/aromatic N) is 1. The number of ether oxygens (including phenoxy) is 2. The maximum atomic E-state index is 13.3. The van der Waals surface area contributed by atoms with Gasteiger partial charge in [-0.3, -0.25) is 9.59 Å². The van der Waals surface area contributed by atoms with E-state index in [1.54, 1.807) is 18.1 Å². The Bertz CT molecular complexity index is 1040. The standard InChI is InChI=1S/C23H21ClN2O4/c1-29-16-8-6-15(7-9-16)26-13-23-11-10-18(30-23)19(20(23)22(26)28)21(27)25-12-14-4-2-3-5-17(14)24/h2-11,18-20H,12-13H2,1H3,(H,25,27)/t18-,19?,20?,23+/m1/s1. The van der Waals surface area contributed by atoms with Crippen LogP contribution < -0.4 is 15.0 Å². The first kappa shape index (κ1) is 19.2. The summed E-state index contributed by atoms with van der Waals surface area (Å²) >= 11 is 6.19. The number of anilines is 1. The topological polar surface area (TPSA) is 67.9 Å².